The molecule has 4 rings (SSSR count). The summed E-state index contributed by atoms with van der Waals surface area (Å²) in [6.07, 6.45) is 1.25. The number of carbonyl (C=O) groups excluding carboxylic acids is 3. The largest absolute Gasteiger partial charge is 0.490 e. The van der Waals surface area contributed by atoms with E-state index in [1.54, 1.807) is 31.2 Å². The van der Waals surface area contributed by atoms with Crippen LogP contribution in [-0.4, -0.2) is 24.5 Å². The van der Waals surface area contributed by atoms with Gasteiger partial charge in [0.25, 0.3) is 11.8 Å². The molecule has 0 unspecified atom stereocenters. The highest BCUT2D eigenvalue weighted by molar-refractivity contribution is 6.39. The Balaban J connectivity index is 1.67. The second-order valence-electron chi connectivity index (χ2n) is 7.76. The second kappa shape index (κ2) is 10.9. The summed E-state index contributed by atoms with van der Waals surface area (Å²) in [5.41, 5.74) is 1.04. The zero-order valence-electron chi connectivity index (χ0n) is 19.5. The van der Waals surface area contributed by atoms with Crippen LogP contribution in [0.25, 0.3) is 6.08 Å². The number of hydrogen-bond donors (Lipinski definition) is 1. The molecule has 1 fully saturated rings. The number of ether oxygens (including phenoxy) is 2. The zero-order chi connectivity index (χ0) is 26.5. The average Bonchev–Trinajstić information content (AvgIpc) is 2.86. The highest BCUT2D eigenvalue weighted by Gasteiger charge is 2.37. The van der Waals surface area contributed by atoms with Crippen molar-refractivity contribution in [1.29, 1.82) is 5.26 Å². The van der Waals surface area contributed by atoms with Gasteiger partial charge in [0.2, 0.25) is 0 Å². The van der Waals surface area contributed by atoms with Crippen LogP contribution in [0.5, 0.6) is 11.5 Å². The Morgan fingerprint density at radius 1 is 1.08 bits per heavy atom. The summed E-state index contributed by atoms with van der Waals surface area (Å²) in [7, 11) is 0. The normalized spacial score (nSPS) is 14.4. The number of benzene rings is 3. The van der Waals surface area contributed by atoms with Gasteiger partial charge < -0.3 is 9.47 Å². The number of halogens is 2. The number of imide groups is 2. The van der Waals surface area contributed by atoms with Crippen LogP contribution in [-0.2, 0) is 16.2 Å². The van der Waals surface area contributed by atoms with E-state index in [9.17, 15) is 24.0 Å². The summed E-state index contributed by atoms with van der Waals surface area (Å²) in [5.74, 6) is -2.03. The maximum Gasteiger partial charge on any atom is 0.335 e. The lowest BCUT2D eigenvalue weighted by molar-refractivity contribution is -0.122. The van der Waals surface area contributed by atoms with Crippen LogP contribution in [0.1, 0.15) is 23.6 Å². The Kier molecular flexibility index (Phi) is 7.51. The Morgan fingerprint density at radius 2 is 1.86 bits per heavy atom. The molecule has 8 nitrogen and oxygen atoms in total. The van der Waals surface area contributed by atoms with E-state index < -0.39 is 23.7 Å². The fourth-order valence-electron chi connectivity index (χ4n) is 3.65. The van der Waals surface area contributed by atoms with Gasteiger partial charge in [-0.15, -0.1) is 0 Å². The maximum atomic E-state index is 13.7. The molecule has 0 atom stereocenters. The minimum Gasteiger partial charge on any atom is -0.490 e. The minimum absolute atomic E-state index is 0.0321. The zero-order valence-corrected chi connectivity index (χ0v) is 20.2. The van der Waals surface area contributed by atoms with Gasteiger partial charge in [0.05, 0.1) is 28.9 Å². The molecule has 37 heavy (non-hydrogen) atoms. The summed E-state index contributed by atoms with van der Waals surface area (Å²) in [6, 6.07) is 15.9. The molecule has 0 aromatic heterocycles. The van der Waals surface area contributed by atoms with E-state index in [0.717, 1.165) is 12.1 Å². The molecule has 0 aliphatic carbocycles. The molecule has 0 bridgehead atoms. The van der Waals surface area contributed by atoms with E-state index in [0.29, 0.717) is 21.6 Å². The predicted molar refractivity (Wildman–Crippen MR) is 134 cm³/mol. The van der Waals surface area contributed by atoms with E-state index in [4.69, 9.17) is 21.1 Å². The van der Waals surface area contributed by atoms with Crippen molar-refractivity contribution in [1.82, 2.24) is 5.32 Å². The van der Waals surface area contributed by atoms with Crippen LogP contribution in [0.15, 0.2) is 66.2 Å². The van der Waals surface area contributed by atoms with E-state index in [2.05, 4.69) is 11.4 Å². The van der Waals surface area contributed by atoms with Gasteiger partial charge in [-0.3, -0.25) is 14.9 Å². The standard InChI is InChI=1S/C27H19ClFN3O5/c1-2-36-23-12-16(11-22(28)24(23)37-15-18-7-4-3-6-17(18)14-30)10-21-25(33)31-27(35)32(26(21)34)20-9-5-8-19(29)13-20/h3-13H,2,15H2,1H3,(H,31,33,35)/b21-10+. The lowest BCUT2D eigenvalue weighted by Crippen LogP contribution is -2.54. The molecule has 4 amide bonds. The quantitative estimate of drug-likeness (QED) is 0.348. The minimum atomic E-state index is -0.993. The number of barbiturate groups is 1. The van der Waals surface area contributed by atoms with Gasteiger partial charge in [-0.25, -0.2) is 14.1 Å². The van der Waals surface area contributed by atoms with E-state index in [1.807, 2.05) is 0 Å². The third kappa shape index (κ3) is 5.44. The number of urea groups is 1. The van der Waals surface area contributed by atoms with Gasteiger partial charge in [-0.05, 0) is 55.0 Å². The number of nitriles is 1. The van der Waals surface area contributed by atoms with Gasteiger partial charge in [0.15, 0.2) is 11.5 Å². The van der Waals surface area contributed by atoms with E-state index in [1.165, 1.54) is 30.3 Å². The summed E-state index contributed by atoms with van der Waals surface area (Å²) in [4.78, 5) is 38.6. The van der Waals surface area contributed by atoms with Crippen LogP contribution < -0.4 is 19.7 Å². The monoisotopic (exact) mass is 519 g/mol. The van der Waals surface area contributed by atoms with Crippen molar-refractivity contribution in [2.75, 3.05) is 11.5 Å². The lowest BCUT2D eigenvalue weighted by Gasteiger charge is -2.26. The van der Waals surface area contributed by atoms with Crippen molar-refractivity contribution in [3.05, 3.63) is 93.8 Å². The first kappa shape index (κ1) is 25.4. The molecule has 0 saturated carbocycles. The lowest BCUT2D eigenvalue weighted by atomic mass is 10.1. The van der Waals surface area contributed by atoms with Crippen molar-refractivity contribution < 1.29 is 28.2 Å². The molecule has 1 aliphatic heterocycles. The second-order valence-corrected chi connectivity index (χ2v) is 8.17. The fraction of sp³-hybridized carbons (Fsp3) is 0.111. The number of nitrogens with zero attached hydrogens (tertiary/aromatic N) is 2. The summed E-state index contributed by atoms with van der Waals surface area (Å²) < 4.78 is 25.2. The summed E-state index contributed by atoms with van der Waals surface area (Å²) >= 11 is 6.47. The molecule has 10 heteroatoms. The Labute approximate surface area is 216 Å². The maximum absolute atomic E-state index is 13.7. The van der Waals surface area contributed by atoms with Gasteiger partial charge in [0.1, 0.15) is 18.0 Å². The molecule has 0 radical (unpaired) electrons. The molecule has 186 valence electrons. The average molecular weight is 520 g/mol. The SMILES string of the molecule is CCOc1cc(/C=C2\C(=O)NC(=O)N(c3cccc(F)c3)C2=O)cc(Cl)c1OCc1ccccc1C#N. The number of rotatable bonds is 7. The van der Waals surface area contributed by atoms with Crippen LogP contribution in [0.2, 0.25) is 5.02 Å². The smallest absolute Gasteiger partial charge is 0.335 e. The molecular weight excluding hydrogens is 501 g/mol. The van der Waals surface area contributed by atoms with Crippen LogP contribution in [0.3, 0.4) is 0 Å². The number of carbonyl (C=O) groups is 3. The Bertz CT molecular complexity index is 1480. The first-order valence-electron chi connectivity index (χ1n) is 11.1. The number of amides is 4. The summed E-state index contributed by atoms with van der Waals surface area (Å²) in [6.45, 7) is 2.08. The fourth-order valence-corrected chi connectivity index (χ4v) is 3.93. The molecule has 3 aromatic rings. The van der Waals surface area contributed by atoms with Gasteiger partial charge in [-0.2, -0.15) is 5.26 Å². The van der Waals surface area contributed by atoms with Crippen LogP contribution in [0, 0.1) is 17.1 Å². The van der Waals surface area contributed by atoms with Gasteiger partial charge in [0, 0.05) is 5.56 Å². The Morgan fingerprint density at radius 3 is 2.59 bits per heavy atom. The predicted octanol–water partition coefficient (Wildman–Crippen LogP) is 4.99. The first-order valence-corrected chi connectivity index (χ1v) is 11.4. The van der Waals surface area contributed by atoms with Crippen LogP contribution >= 0.6 is 11.6 Å². The molecule has 1 aliphatic rings. The number of anilines is 1. The van der Waals surface area contributed by atoms with E-state index >= 15 is 0 Å². The molecular formula is C27H19ClFN3O5. The highest BCUT2D eigenvalue weighted by Crippen LogP contribution is 2.38. The Hall–Kier alpha value is -4.68. The van der Waals surface area contributed by atoms with E-state index in [-0.39, 0.29) is 41.0 Å². The summed E-state index contributed by atoms with van der Waals surface area (Å²) in [5, 5.41) is 11.5. The third-order valence-electron chi connectivity index (χ3n) is 5.32. The highest BCUT2D eigenvalue weighted by atomic mass is 35.5. The molecule has 1 heterocycles. The number of hydrogen-bond acceptors (Lipinski definition) is 6. The van der Waals surface area contributed by atoms with Crippen molar-refractivity contribution >= 4 is 41.2 Å². The van der Waals surface area contributed by atoms with Crippen LogP contribution in [0.4, 0.5) is 14.9 Å². The van der Waals surface area contributed by atoms with Gasteiger partial charge in [-0.1, -0.05) is 35.9 Å². The van der Waals surface area contributed by atoms with Crippen molar-refractivity contribution in [2.45, 2.75) is 13.5 Å². The molecule has 1 saturated heterocycles. The van der Waals surface area contributed by atoms with Gasteiger partial charge >= 0.3 is 6.03 Å². The first-order chi connectivity index (χ1) is 17.8. The molecule has 1 N–H and O–H groups in total. The number of nitrogens with one attached hydrogen (secondary N) is 1. The van der Waals surface area contributed by atoms with Crippen molar-refractivity contribution in [3.63, 3.8) is 0 Å². The molecule has 3 aromatic carbocycles. The van der Waals surface area contributed by atoms with Crippen molar-refractivity contribution in [3.8, 4) is 17.6 Å². The molecule has 0 spiro atoms. The van der Waals surface area contributed by atoms with Crippen molar-refractivity contribution in [2.24, 2.45) is 0 Å². The third-order valence-corrected chi connectivity index (χ3v) is 5.60. The topological polar surface area (TPSA) is 109 Å².